The Labute approximate surface area is 140 Å². The van der Waals surface area contributed by atoms with Crippen LogP contribution in [-0.2, 0) is 4.79 Å². The van der Waals surface area contributed by atoms with Crippen molar-refractivity contribution in [3.8, 4) is 0 Å². The minimum atomic E-state index is -0.00523. The lowest BCUT2D eigenvalue weighted by Gasteiger charge is -2.62. The molecule has 3 unspecified atom stereocenters. The van der Waals surface area contributed by atoms with Gasteiger partial charge in [0.05, 0.1) is 0 Å². The average molecular weight is 319 g/mol. The van der Waals surface area contributed by atoms with Crippen LogP contribution in [-0.4, -0.2) is 28.1 Å². The molecular formula is C20H33NO2. The Hall–Kier alpha value is -0.410. The summed E-state index contributed by atoms with van der Waals surface area (Å²) in [5.74, 6) is 4.12. The molecule has 130 valence electrons. The van der Waals surface area contributed by atoms with Crippen LogP contribution >= 0.6 is 0 Å². The van der Waals surface area contributed by atoms with Crippen LogP contribution in [0.3, 0.4) is 0 Å². The van der Waals surface area contributed by atoms with Crippen LogP contribution in [0.25, 0.3) is 0 Å². The summed E-state index contributed by atoms with van der Waals surface area (Å²) in [4.78, 5) is 12.3. The number of hydrogen-bond donors (Lipinski definition) is 1. The van der Waals surface area contributed by atoms with E-state index in [1.54, 1.807) is 5.06 Å². The molecule has 0 spiro atoms. The molecule has 0 aromatic heterocycles. The molecule has 3 saturated carbocycles. The second kappa shape index (κ2) is 5.05. The maximum absolute atomic E-state index is 12.3. The van der Waals surface area contributed by atoms with Gasteiger partial charge in [0.15, 0.2) is 0 Å². The van der Waals surface area contributed by atoms with Crippen molar-refractivity contribution in [2.45, 2.75) is 71.8 Å². The molecule has 3 heteroatoms. The molecule has 0 radical (unpaired) electrons. The number of rotatable bonds is 0. The van der Waals surface area contributed by atoms with Gasteiger partial charge in [0, 0.05) is 24.4 Å². The van der Waals surface area contributed by atoms with Crippen molar-refractivity contribution in [3.63, 3.8) is 0 Å². The van der Waals surface area contributed by atoms with Gasteiger partial charge in [0.2, 0.25) is 0 Å². The molecule has 1 N–H and O–H groups in total. The number of nitrogens with zero attached hydrogens (tertiary/aromatic N) is 1. The molecule has 1 saturated heterocycles. The summed E-state index contributed by atoms with van der Waals surface area (Å²) in [6, 6.07) is 0. The Balaban J connectivity index is 1.70. The summed E-state index contributed by atoms with van der Waals surface area (Å²) in [5.41, 5.74) is 0.337. The van der Waals surface area contributed by atoms with E-state index in [-0.39, 0.29) is 11.5 Å². The first-order valence-electron chi connectivity index (χ1n) is 9.78. The van der Waals surface area contributed by atoms with Crippen LogP contribution in [0.2, 0.25) is 0 Å². The fraction of sp³-hybridized carbons (Fsp3) is 0.950. The first-order chi connectivity index (χ1) is 10.8. The highest BCUT2D eigenvalue weighted by molar-refractivity contribution is 5.82. The van der Waals surface area contributed by atoms with Crippen molar-refractivity contribution in [2.75, 3.05) is 6.54 Å². The summed E-state index contributed by atoms with van der Waals surface area (Å²) in [6.45, 7) is 10.2. The minimum absolute atomic E-state index is 0.00523. The van der Waals surface area contributed by atoms with Crippen molar-refractivity contribution in [1.82, 2.24) is 5.06 Å². The Bertz CT molecular complexity index is 520. The zero-order valence-corrected chi connectivity index (χ0v) is 15.2. The van der Waals surface area contributed by atoms with Gasteiger partial charge in [-0.25, -0.2) is 0 Å². The van der Waals surface area contributed by atoms with Gasteiger partial charge in [-0.1, -0.05) is 20.8 Å². The van der Waals surface area contributed by atoms with E-state index in [2.05, 4.69) is 27.7 Å². The van der Waals surface area contributed by atoms with E-state index in [0.29, 0.717) is 29.0 Å². The van der Waals surface area contributed by atoms with Crippen LogP contribution in [0.15, 0.2) is 0 Å². The zero-order valence-electron chi connectivity index (χ0n) is 15.2. The highest BCUT2D eigenvalue weighted by Gasteiger charge is 2.62. The van der Waals surface area contributed by atoms with Crippen LogP contribution in [0.4, 0.5) is 0 Å². The molecular weight excluding hydrogens is 286 g/mol. The minimum Gasteiger partial charge on any atom is -0.313 e. The largest absolute Gasteiger partial charge is 0.313 e. The molecule has 1 heterocycles. The maximum Gasteiger partial charge on any atom is 0.136 e. The Morgan fingerprint density at radius 1 is 1.09 bits per heavy atom. The van der Waals surface area contributed by atoms with E-state index < -0.39 is 0 Å². The molecule has 8 atom stereocenters. The van der Waals surface area contributed by atoms with Gasteiger partial charge < -0.3 is 5.21 Å². The fourth-order valence-electron chi connectivity index (χ4n) is 7.52. The number of Topliss-reactive ketones (excluding diaryl/α,β-unsaturated/α-hetero) is 1. The highest BCUT2D eigenvalue weighted by atomic mass is 16.5. The zero-order chi connectivity index (χ0) is 16.6. The van der Waals surface area contributed by atoms with E-state index >= 15 is 0 Å². The lowest BCUT2D eigenvalue weighted by molar-refractivity contribution is -0.198. The third kappa shape index (κ3) is 1.99. The molecule has 1 aliphatic heterocycles. The second-order valence-corrected chi connectivity index (χ2v) is 9.68. The first-order valence-corrected chi connectivity index (χ1v) is 9.78. The maximum atomic E-state index is 12.3. The number of hydroxylamine groups is 2. The summed E-state index contributed by atoms with van der Waals surface area (Å²) >= 11 is 0. The third-order valence-electron chi connectivity index (χ3n) is 8.93. The van der Waals surface area contributed by atoms with Gasteiger partial charge in [-0.2, -0.15) is 5.06 Å². The summed E-state index contributed by atoms with van der Waals surface area (Å²) in [7, 11) is 0. The van der Waals surface area contributed by atoms with Crippen LogP contribution in [0.1, 0.15) is 66.2 Å². The van der Waals surface area contributed by atoms with Crippen LogP contribution in [0, 0.1) is 40.9 Å². The van der Waals surface area contributed by atoms with E-state index in [0.717, 1.165) is 44.1 Å². The Morgan fingerprint density at radius 3 is 2.57 bits per heavy atom. The van der Waals surface area contributed by atoms with Crippen molar-refractivity contribution >= 4 is 5.78 Å². The molecule has 4 rings (SSSR count). The van der Waals surface area contributed by atoms with Crippen molar-refractivity contribution in [2.24, 2.45) is 40.9 Å². The predicted molar refractivity (Wildman–Crippen MR) is 90.0 cm³/mol. The highest BCUT2D eigenvalue weighted by Crippen LogP contribution is 2.65. The number of fused-ring (bicyclic) bond motifs is 5. The molecule has 3 aliphatic carbocycles. The second-order valence-electron chi connectivity index (χ2n) is 9.68. The molecule has 0 aromatic carbocycles. The number of carbonyl (C=O) groups is 1. The first kappa shape index (κ1) is 16.1. The van der Waals surface area contributed by atoms with Crippen molar-refractivity contribution < 1.29 is 10.0 Å². The van der Waals surface area contributed by atoms with Gasteiger partial charge in [-0.3, -0.25) is 4.79 Å². The molecule has 23 heavy (non-hydrogen) atoms. The molecule has 0 bridgehead atoms. The van der Waals surface area contributed by atoms with E-state index in [9.17, 15) is 10.0 Å². The van der Waals surface area contributed by atoms with Gasteiger partial charge >= 0.3 is 0 Å². The van der Waals surface area contributed by atoms with Crippen molar-refractivity contribution in [3.05, 3.63) is 0 Å². The number of carbonyl (C=O) groups excluding carboxylic acids is 1. The van der Waals surface area contributed by atoms with Crippen LogP contribution in [0.5, 0.6) is 0 Å². The van der Waals surface area contributed by atoms with Crippen LogP contribution < -0.4 is 0 Å². The Morgan fingerprint density at radius 2 is 1.83 bits per heavy atom. The summed E-state index contributed by atoms with van der Waals surface area (Å²) in [5, 5.41) is 12.1. The molecule has 4 aliphatic rings. The third-order valence-corrected chi connectivity index (χ3v) is 8.93. The van der Waals surface area contributed by atoms with Gasteiger partial charge in [-0.15, -0.1) is 0 Å². The average Bonchev–Trinajstić information content (AvgIpc) is 2.82. The Kier molecular flexibility index (Phi) is 3.53. The predicted octanol–water partition coefficient (Wildman–Crippen LogP) is 4.14. The van der Waals surface area contributed by atoms with E-state index in [1.807, 2.05) is 0 Å². The van der Waals surface area contributed by atoms with E-state index in [1.165, 1.54) is 12.8 Å². The lowest BCUT2D eigenvalue weighted by Crippen LogP contribution is -2.60. The summed E-state index contributed by atoms with van der Waals surface area (Å²) in [6.07, 6.45) is 6.59. The van der Waals surface area contributed by atoms with E-state index in [4.69, 9.17) is 0 Å². The van der Waals surface area contributed by atoms with Crippen molar-refractivity contribution in [1.29, 1.82) is 0 Å². The lowest BCUT2D eigenvalue weighted by atomic mass is 9.42. The topological polar surface area (TPSA) is 40.5 Å². The molecule has 0 amide bonds. The molecule has 3 nitrogen and oxygen atoms in total. The molecule has 0 aromatic rings. The normalized spacial score (nSPS) is 56.8. The number of hydrogen-bond acceptors (Lipinski definition) is 3. The van der Waals surface area contributed by atoms with Gasteiger partial charge in [-0.05, 0) is 74.0 Å². The monoisotopic (exact) mass is 319 g/mol. The SMILES string of the molecule is CC1C(=O)CC[C@@]2(C)C1CC(C)[C@@H]1[C@H]2CC[C@@]2(C)[C@H]1CCN2O. The number of ketones is 1. The molecule has 4 fully saturated rings. The summed E-state index contributed by atoms with van der Waals surface area (Å²) < 4.78 is 0. The van der Waals surface area contributed by atoms with Gasteiger partial charge in [0.1, 0.15) is 5.78 Å². The standard InChI is InChI=1S/C20H33NO2/c1-12-11-16-13(2)17(22)6-8-19(16,3)14-5-9-20(4)15(18(12)14)7-10-21(20)23/h12-16,18,23H,5-11H2,1-4H3/t12?,13?,14-,15+,16?,18-,19-,20+/m1/s1. The van der Waals surface area contributed by atoms with Gasteiger partial charge in [0.25, 0.3) is 0 Å². The smallest absolute Gasteiger partial charge is 0.136 e. The fourth-order valence-corrected chi connectivity index (χ4v) is 7.52. The quantitative estimate of drug-likeness (QED) is 0.729.